The van der Waals surface area contributed by atoms with Gasteiger partial charge in [0.05, 0.1) is 11.3 Å². The van der Waals surface area contributed by atoms with Crippen LogP contribution in [0.1, 0.15) is 124 Å². The van der Waals surface area contributed by atoms with Gasteiger partial charge in [-0.25, -0.2) is 4.79 Å². The lowest BCUT2D eigenvalue weighted by Gasteiger charge is -2.70. The van der Waals surface area contributed by atoms with Gasteiger partial charge in [0.2, 0.25) is 0 Å². The summed E-state index contributed by atoms with van der Waals surface area (Å²) in [4.78, 5) is 66.6. The molecule has 6 aliphatic carbocycles. The summed E-state index contributed by atoms with van der Waals surface area (Å²) in [5.41, 5.74) is -2.82. The molecule has 5 saturated carbocycles. The molecule has 10 heteroatoms. The second-order valence-corrected chi connectivity index (χ2v) is 18.0. The van der Waals surface area contributed by atoms with Crippen molar-refractivity contribution in [2.24, 2.45) is 56.2 Å². The van der Waals surface area contributed by atoms with Crippen LogP contribution in [0.5, 0.6) is 0 Å². The molecule has 5 fully saturated rings. The Morgan fingerprint density at radius 3 is 2.20 bits per heavy atom. The Labute approximate surface area is 287 Å². The minimum Gasteiger partial charge on any atom is -0.481 e. The Morgan fingerprint density at radius 1 is 0.878 bits per heavy atom. The summed E-state index contributed by atoms with van der Waals surface area (Å²) in [6.07, 6.45) is 8.98. The summed E-state index contributed by atoms with van der Waals surface area (Å²) in [6, 6.07) is 0. The zero-order valence-electron chi connectivity index (χ0n) is 30.1. The van der Waals surface area contributed by atoms with Crippen LogP contribution in [0, 0.1) is 63.1 Å². The molecular formula is C39H52O10. The number of carbonyl (C=O) groups excluding carboxylic acids is 3. The van der Waals surface area contributed by atoms with E-state index in [4.69, 9.17) is 18.3 Å². The molecule has 0 saturated heterocycles. The number of hydrogen-bond donors (Lipinski definition) is 1. The lowest BCUT2D eigenvalue weighted by Crippen LogP contribution is -2.67. The maximum absolute atomic E-state index is 14.9. The van der Waals surface area contributed by atoms with Gasteiger partial charge >= 0.3 is 23.7 Å². The SMILES string of the molecule is Cc1oc(=O)oc1COC(=O)C1(C)CCCC2(C)C1CCC1(C)C2C(=O)C=C2C3C(OC(=O)C4CC4)C(C)(C(=O)O)CCC3(C)CCC21C. The van der Waals surface area contributed by atoms with Crippen LogP contribution in [0.4, 0.5) is 0 Å². The van der Waals surface area contributed by atoms with Crippen LogP contribution in [-0.4, -0.2) is 34.9 Å². The molecule has 7 rings (SSSR count). The van der Waals surface area contributed by atoms with Gasteiger partial charge in [0.1, 0.15) is 11.5 Å². The van der Waals surface area contributed by atoms with Gasteiger partial charge in [-0.15, -0.1) is 0 Å². The average Bonchev–Trinajstić information content (AvgIpc) is 3.82. The minimum atomic E-state index is -1.26. The molecule has 1 heterocycles. The molecule has 1 aromatic rings. The molecule has 0 radical (unpaired) electrons. The van der Waals surface area contributed by atoms with Crippen LogP contribution < -0.4 is 5.82 Å². The third-order valence-corrected chi connectivity index (χ3v) is 15.4. The Kier molecular flexibility index (Phi) is 7.64. The standard InChI is InChI=1S/C39H52O10/c1-21-25(48-33(45)47-21)20-46-32(44)36(4)13-8-12-35(3)26(36)11-14-39(7)28(35)24(40)19-23-27-29(49-30(41)22-9-10-22)37(5,31(42)43)17-15-34(27,2)16-18-38(23,39)6/h19,22,26-29H,8-18,20H2,1-7H3,(H,42,43). The number of carboxylic acids is 1. The number of carbonyl (C=O) groups is 4. The first-order chi connectivity index (χ1) is 22.8. The molecule has 10 unspecified atom stereocenters. The number of esters is 2. The first kappa shape index (κ1) is 34.3. The predicted octanol–water partition coefficient (Wildman–Crippen LogP) is 6.95. The van der Waals surface area contributed by atoms with Crippen molar-refractivity contribution in [3.8, 4) is 0 Å². The van der Waals surface area contributed by atoms with Gasteiger partial charge < -0.3 is 23.4 Å². The van der Waals surface area contributed by atoms with Crippen molar-refractivity contribution in [2.45, 2.75) is 132 Å². The van der Waals surface area contributed by atoms with E-state index in [9.17, 15) is 29.1 Å². The minimum absolute atomic E-state index is 0.0368. The molecule has 49 heavy (non-hydrogen) atoms. The zero-order valence-corrected chi connectivity index (χ0v) is 30.1. The topological polar surface area (TPSA) is 150 Å². The molecule has 10 nitrogen and oxygen atoms in total. The zero-order chi connectivity index (χ0) is 35.5. The van der Waals surface area contributed by atoms with Crippen LogP contribution in [0.15, 0.2) is 25.3 Å². The van der Waals surface area contributed by atoms with Gasteiger partial charge in [-0.1, -0.05) is 39.7 Å². The molecule has 0 aromatic carbocycles. The molecule has 0 aliphatic heterocycles. The average molecular weight is 681 g/mol. The number of allylic oxidation sites excluding steroid dienone is 1. The lowest BCUT2D eigenvalue weighted by molar-refractivity contribution is -0.209. The highest BCUT2D eigenvalue weighted by atomic mass is 16.6. The number of carboxylic acid groups (broad SMARTS) is 1. The highest BCUT2D eigenvalue weighted by Gasteiger charge is 2.72. The number of rotatable bonds is 6. The molecule has 0 spiro atoms. The molecular weight excluding hydrogens is 628 g/mol. The second-order valence-electron chi connectivity index (χ2n) is 18.0. The fourth-order valence-electron chi connectivity index (χ4n) is 12.0. The Bertz CT molecular complexity index is 1700. The van der Waals surface area contributed by atoms with E-state index < -0.39 is 45.0 Å². The Hall–Kier alpha value is -3.17. The maximum Gasteiger partial charge on any atom is 0.519 e. The number of ketones is 1. The summed E-state index contributed by atoms with van der Waals surface area (Å²) < 4.78 is 22.1. The van der Waals surface area contributed by atoms with Crippen LogP contribution in [0.25, 0.3) is 0 Å². The van der Waals surface area contributed by atoms with Crippen LogP contribution in [0.2, 0.25) is 0 Å². The van der Waals surface area contributed by atoms with E-state index in [2.05, 4.69) is 27.7 Å². The third kappa shape index (κ3) is 4.73. The molecule has 0 amide bonds. The van der Waals surface area contributed by atoms with Crippen molar-refractivity contribution in [1.29, 1.82) is 0 Å². The first-order valence-corrected chi connectivity index (χ1v) is 18.3. The summed E-state index contributed by atoms with van der Waals surface area (Å²) in [5, 5.41) is 10.6. The van der Waals surface area contributed by atoms with Crippen molar-refractivity contribution >= 4 is 23.7 Å². The first-order valence-electron chi connectivity index (χ1n) is 18.3. The van der Waals surface area contributed by atoms with E-state index in [0.717, 1.165) is 56.9 Å². The molecule has 10 atom stereocenters. The van der Waals surface area contributed by atoms with Crippen LogP contribution in [0.3, 0.4) is 0 Å². The summed E-state index contributed by atoms with van der Waals surface area (Å²) in [5.74, 6) is -2.96. The van der Waals surface area contributed by atoms with Crippen molar-refractivity contribution in [3.63, 3.8) is 0 Å². The third-order valence-electron chi connectivity index (χ3n) is 15.4. The van der Waals surface area contributed by atoms with Crippen molar-refractivity contribution in [2.75, 3.05) is 0 Å². The highest BCUT2D eigenvalue weighted by Crippen LogP contribution is 2.75. The van der Waals surface area contributed by atoms with Gasteiger partial charge in [-0.2, -0.15) is 0 Å². The predicted molar refractivity (Wildman–Crippen MR) is 176 cm³/mol. The Morgan fingerprint density at radius 2 is 1.57 bits per heavy atom. The van der Waals surface area contributed by atoms with E-state index in [-0.39, 0.29) is 64.9 Å². The van der Waals surface area contributed by atoms with E-state index in [1.165, 1.54) is 0 Å². The monoisotopic (exact) mass is 680 g/mol. The van der Waals surface area contributed by atoms with E-state index >= 15 is 0 Å². The van der Waals surface area contributed by atoms with Crippen molar-refractivity contribution in [1.82, 2.24) is 0 Å². The maximum atomic E-state index is 14.9. The summed E-state index contributed by atoms with van der Waals surface area (Å²) >= 11 is 0. The van der Waals surface area contributed by atoms with Gasteiger partial charge in [0, 0.05) is 11.8 Å². The fraction of sp³-hybridized carbons (Fsp3) is 0.769. The van der Waals surface area contributed by atoms with Crippen molar-refractivity contribution in [3.05, 3.63) is 33.8 Å². The largest absolute Gasteiger partial charge is 0.519 e. The molecule has 1 aromatic heterocycles. The van der Waals surface area contributed by atoms with E-state index in [1.54, 1.807) is 13.8 Å². The number of aliphatic carboxylic acids is 1. The van der Waals surface area contributed by atoms with Crippen molar-refractivity contribution < 1.29 is 42.6 Å². The van der Waals surface area contributed by atoms with E-state index in [0.29, 0.717) is 19.3 Å². The summed E-state index contributed by atoms with van der Waals surface area (Å²) in [7, 11) is 0. The smallest absolute Gasteiger partial charge is 0.481 e. The molecule has 0 bridgehead atoms. The Balaban J connectivity index is 1.26. The van der Waals surface area contributed by atoms with Gasteiger partial charge in [0.15, 0.2) is 23.9 Å². The second kappa shape index (κ2) is 10.9. The van der Waals surface area contributed by atoms with E-state index in [1.807, 2.05) is 13.0 Å². The number of hydrogen-bond acceptors (Lipinski definition) is 9. The molecule has 268 valence electrons. The van der Waals surface area contributed by atoms with Gasteiger partial charge in [-0.3, -0.25) is 19.2 Å². The molecule has 6 aliphatic rings. The number of fused-ring (bicyclic) bond motifs is 7. The quantitative estimate of drug-likeness (QED) is 0.313. The van der Waals surface area contributed by atoms with Crippen LogP contribution >= 0.6 is 0 Å². The normalized spacial score (nSPS) is 44.4. The van der Waals surface area contributed by atoms with Gasteiger partial charge in [-0.05, 0) is 119 Å². The summed E-state index contributed by atoms with van der Waals surface area (Å²) in [6.45, 7) is 14.0. The molecule has 1 N–H and O–H groups in total. The van der Waals surface area contributed by atoms with Crippen LogP contribution in [-0.2, 0) is 35.3 Å². The van der Waals surface area contributed by atoms with Gasteiger partial charge in [0.25, 0.3) is 0 Å². The fourth-order valence-corrected chi connectivity index (χ4v) is 12.0. The highest BCUT2D eigenvalue weighted by molar-refractivity contribution is 5.96. The lowest BCUT2D eigenvalue weighted by atomic mass is 9.33. The number of ether oxygens (including phenoxy) is 2. The number of aryl methyl sites for hydroxylation is 1.